The second-order valence-electron chi connectivity index (χ2n) is 14.2. The Morgan fingerprint density at radius 1 is 0.614 bits per heavy atom. The average Bonchev–Trinajstić information content (AvgIpc) is 3.96. The van der Waals surface area contributed by atoms with Crippen molar-refractivity contribution in [1.82, 2.24) is 18.9 Å². The maximum atomic E-state index is 8.93. The van der Waals surface area contributed by atoms with Crippen LogP contribution in [0.2, 0.25) is 0 Å². The summed E-state index contributed by atoms with van der Waals surface area (Å²) in [5.74, 6) is 1.51. The Hall–Kier alpha value is -6.11. The van der Waals surface area contributed by atoms with Crippen molar-refractivity contribution in [1.29, 1.82) is 0 Å². The van der Waals surface area contributed by atoms with Crippen LogP contribution in [0.25, 0.3) is 72.5 Å². The minimum absolute atomic E-state index is 0. The third-order valence-corrected chi connectivity index (χ3v) is 10.1. The van der Waals surface area contributed by atoms with E-state index in [0.717, 1.165) is 50.2 Å². The smallest absolute Gasteiger partial charge is 0.177 e. The van der Waals surface area contributed by atoms with Crippen LogP contribution in [0.1, 0.15) is 70.2 Å². The fourth-order valence-corrected chi connectivity index (χ4v) is 7.63. The molecule has 1 radical (unpaired) electrons. The second kappa shape index (κ2) is 15.8. The van der Waals surface area contributed by atoms with Gasteiger partial charge in [-0.05, 0) is 35.1 Å². The Morgan fingerprint density at radius 3 is 1.75 bits per heavy atom. The standard InChI is InChI=1S/C38H36N2.C13H8N3.Ag/c1-26(2)31-20-14-21-32(27(3)4)37(31)39-28(5)40(36-25-13-12-24-35(36)39)38-33(29-16-8-6-9-17-29)22-15-23-34(38)30-18-10-7-11-19-30;1-3-7-11-9(5-1)14-13-15-10-6-2-4-8-12(10)16(11)13;/h6-27H,5H2,1-4H3;1-8H;/q;-1;/i6D,7D,8D,9D,10D,11D,16D,17D,18D,19D;;. The van der Waals surface area contributed by atoms with E-state index >= 15 is 0 Å². The molecule has 285 valence electrons. The van der Waals surface area contributed by atoms with E-state index in [9.17, 15) is 0 Å². The summed E-state index contributed by atoms with van der Waals surface area (Å²) in [5, 5.41) is 0. The van der Waals surface area contributed by atoms with Crippen LogP contribution < -0.4 is 9.55 Å². The molecule has 10 rings (SSSR count). The quantitative estimate of drug-likeness (QED) is 0.0950. The van der Waals surface area contributed by atoms with Crippen LogP contribution >= 0.6 is 0 Å². The Morgan fingerprint density at radius 2 is 1.14 bits per heavy atom. The van der Waals surface area contributed by atoms with Gasteiger partial charge in [0, 0.05) is 72.5 Å². The van der Waals surface area contributed by atoms with E-state index in [2.05, 4.69) is 77.8 Å². The zero-order valence-electron chi connectivity index (χ0n) is 41.8. The van der Waals surface area contributed by atoms with Gasteiger partial charge in [-0.15, -0.1) is 0 Å². The van der Waals surface area contributed by atoms with Gasteiger partial charge in [-0.25, -0.2) is 9.13 Å². The molecule has 0 spiro atoms. The van der Waals surface area contributed by atoms with E-state index in [1.165, 1.54) is 0 Å². The average molecular weight is 845 g/mol. The molecule has 0 amide bonds. The summed E-state index contributed by atoms with van der Waals surface area (Å²) in [6.45, 7) is 13.1. The molecule has 0 fully saturated rings. The van der Waals surface area contributed by atoms with E-state index in [0.29, 0.717) is 11.3 Å². The molecule has 57 heavy (non-hydrogen) atoms. The second-order valence-corrected chi connectivity index (χ2v) is 14.2. The summed E-state index contributed by atoms with van der Waals surface area (Å²) in [7, 11) is 0. The molecule has 7 aromatic carbocycles. The molecule has 0 bridgehead atoms. The minimum atomic E-state index is -0.541. The molecular formula is C51H44AgN5-. The van der Waals surface area contributed by atoms with Gasteiger partial charge < -0.3 is 14.4 Å². The molecule has 5 nitrogen and oxygen atoms in total. The number of para-hydroxylation sites is 8. The van der Waals surface area contributed by atoms with Gasteiger partial charge >= 0.3 is 0 Å². The molecule has 0 aliphatic heterocycles. The van der Waals surface area contributed by atoms with Gasteiger partial charge in [-0.2, -0.15) is 0 Å². The van der Waals surface area contributed by atoms with Crippen molar-refractivity contribution >= 4 is 38.9 Å². The molecule has 0 saturated carbocycles. The number of rotatable bonds is 6. The van der Waals surface area contributed by atoms with Crippen LogP contribution in [-0.4, -0.2) is 14.0 Å². The molecular weight excluding hydrogens is 790 g/mol. The molecule has 10 aromatic rings. The number of hydrogen-bond acceptors (Lipinski definition) is 1. The topological polar surface area (TPSA) is 40.2 Å². The summed E-state index contributed by atoms with van der Waals surface area (Å²) in [4.78, 5) is 9.01. The summed E-state index contributed by atoms with van der Waals surface area (Å²) >= 11 is 0. The molecule has 0 aliphatic rings. The van der Waals surface area contributed by atoms with Crippen molar-refractivity contribution in [3.63, 3.8) is 0 Å². The van der Waals surface area contributed by atoms with Crippen LogP contribution in [0.5, 0.6) is 0 Å². The molecule has 0 aliphatic carbocycles. The fraction of sp³-hybridized carbons (Fsp3) is 0.118. The maximum absolute atomic E-state index is 8.93. The van der Waals surface area contributed by atoms with Crippen LogP contribution in [0.4, 0.5) is 0 Å². The first-order valence-electron chi connectivity index (χ1n) is 23.6. The van der Waals surface area contributed by atoms with E-state index in [1.54, 1.807) is 18.2 Å². The Bertz CT molecular complexity index is 3360. The zero-order valence-corrected chi connectivity index (χ0v) is 33.3. The van der Waals surface area contributed by atoms with Crippen LogP contribution in [0.3, 0.4) is 0 Å². The molecule has 0 unspecified atom stereocenters. The Balaban J connectivity index is 0.000000297. The molecule has 6 heteroatoms. The molecule has 3 aromatic heterocycles. The summed E-state index contributed by atoms with van der Waals surface area (Å²) in [5.41, 5.74) is 9.27. The van der Waals surface area contributed by atoms with Gasteiger partial charge in [-0.1, -0.05) is 185 Å². The van der Waals surface area contributed by atoms with Gasteiger partial charge in [0.05, 0.1) is 13.7 Å². The van der Waals surface area contributed by atoms with Crippen molar-refractivity contribution in [2.24, 2.45) is 0 Å². The Kier molecular flexibility index (Phi) is 7.62. The number of hydrogen-bond donors (Lipinski definition) is 0. The minimum Gasteiger partial charge on any atom is -0.366 e. The van der Waals surface area contributed by atoms with Crippen molar-refractivity contribution in [3.05, 3.63) is 193 Å². The van der Waals surface area contributed by atoms with Crippen LogP contribution in [-0.2, 0) is 22.4 Å². The van der Waals surface area contributed by atoms with Crippen molar-refractivity contribution < 1.29 is 40.7 Å². The Labute approximate surface area is 363 Å². The number of fused-ring (bicyclic) bond motifs is 6. The van der Waals surface area contributed by atoms with Gasteiger partial charge in [0.25, 0.3) is 0 Å². The zero-order chi connectivity index (χ0) is 47.0. The normalized spacial score (nSPS) is 13.9. The molecule has 0 N–H and O–H groups in total. The van der Waals surface area contributed by atoms with Crippen molar-refractivity contribution in [2.45, 2.75) is 39.5 Å². The SMILES string of the molecule is [2H]c1c([2H])c([2H])c(-c2cccc(-c3c([2H])c([2H])c([2H])c([2H])c3[2H])c2-n2c([CH2-])[n+](-c3c(C(C)C)cccc3C(C)C)c3ccccc32)c([2H])c1[2H].[Ag].c1ccc2c(c1)nc1[n-]c3ccccc3n12. The fourth-order valence-electron chi connectivity index (χ4n) is 7.63. The predicted molar refractivity (Wildman–Crippen MR) is 232 cm³/mol. The van der Waals surface area contributed by atoms with E-state index in [4.69, 9.17) is 13.7 Å². The third kappa shape index (κ3) is 6.68. The summed E-state index contributed by atoms with van der Waals surface area (Å²) in [6, 6.07) is 30.0. The number of benzene rings is 7. The molecule has 3 heterocycles. The summed E-state index contributed by atoms with van der Waals surface area (Å²) < 4.78 is 92.1. The first kappa shape index (κ1) is 27.5. The van der Waals surface area contributed by atoms with Gasteiger partial charge in [0.15, 0.2) is 11.0 Å². The van der Waals surface area contributed by atoms with Crippen molar-refractivity contribution in [2.75, 3.05) is 0 Å². The van der Waals surface area contributed by atoms with Gasteiger partial charge in [0.2, 0.25) is 0 Å². The largest absolute Gasteiger partial charge is 0.366 e. The number of nitrogens with zero attached hydrogens (tertiary/aromatic N) is 5. The van der Waals surface area contributed by atoms with E-state index in [-0.39, 0.29) is 62.2 Å². The predicted octanol–water partition coefficient (Wildman–Crippen LogP) is 12.3. The van der Waals surface area contributed by atoms with E-state index < -0.39 is 60.4 Å². The monoisotopic (exact) mass is 843 g/mol. The van der Waals surface area contributed by atoms with E-state index in [1.807, 2.05) is 71.3 Å². The molecule has 0 atom stereocenters. The number of imidazole rings is 3. The maximum Gasteiger partial charge on any atom is 0.177 e. The first-order chi connectivity index (χ1) is 31.5. The number of aromatic nitrogens is 5. The van der Waals surface area contributed by atoms with Crippen molar-refractivity contribution in [3.8, 4) is 33.6 Å². The van der Waals surface area contributed by atoms with Crippen LogP contribution in [0, 0.1) is 6.92 Å². The molecule has 0 saturated heterocycles. The first-order valence-corrected chi connectivity index (χ1v) is 18.6. The van der Waals surface area contributed by atoms with Crippen LogP contribution in [0.15, 0.2) is 170 Å². The summed E-state index contributed by atoms with van der Waals surface area (Å²) in [6.07, 6.45) is 0. The van der Waals surface area contributed by atoms with Gasteiger partial charge in [-0.3, -0.25) is 6.92 Å². The third-order valence-electron chi connectivity index (χ3n) is 10.1. The van der Waals surface area contributed by atoms with Gasteiger partial charge in [0.1, 0.15) is 17.2 Å².